The lowest BCUT2D eigenvalue weighted by atomic mass is 9.78. The number of aromatic carboxylic acids is 2. The minimum atomic E-state index is -1.17. The molecule has 0 saturated carbocycles. The minimum Gasteiger partial charge on any atom is -0.507 e. The number of carbonyl (C=O) groups is 2. The first-order valence-electron chi connectivity index (χ1n) is 8.22. The van der Waals surface area contributed by atoms with Crippen LogP contribution in [0, 0.1) is 0 Å². The number of carboxylic acid groups (broad SMARTS) is 2. The number of rotatable bonds is 3. The predicted octanol–water partition coefficient (Wildman–Crippen LogP) is 5.11. The maximum absolute atomic E-state index is 11.6. The van der Waals surface area contributed by atoms with E-state index < -0.39 is 11.9 Å². The second-order valence-corrected chi connectivity index (χ2v) is 9.44. The Labute approximate surface area is 156 Å². The number of carboxylic acids is 2. The summed E-state index contributed by atoms with van der Waals surface area (Å²) in [4.78, 5) is 22.9. The molecule has 140 valence electrons. The number of hydrogen-bond acceptors (Lipinski definition) is 4. The summed E-state index contributed by atoms with van der Waals surface area (Å²) < 4.78 is 0. The lowest BCUT2D eigenvalue weighted by Gasteiger charge is -2.28. The second-order valence-electron chi connectivity index (χ2n) is 8.38. The van der Waals surface area contributed by atoms with Crippen LogP contribution in [0.2, 0.25) is 0 Å². The molecule has 0 aliphatic rings. The molecule has 3 N–H and O–H groups in total. The molecule has 2 rings (SSSR count). The van der Waals surface area contributed by atoms with Crippen LogP contribution in [-0.4, -0.2) is 27.3 Å². The van der Waals surface area contributed by atoms with Gasteiger partial charge in [0.15, 0.2) is 0 Å². The van der Waals surface area contributed by atoms with E-state index in [4.69, 9.17) is 0 Å². The summed E-state index contributed by atoms with van der Waals surface area (Å²) in [5.41, 5.74) is 1.61. The first kappa shape index (κ1) is 20.0. The summed E-state index contributed by atoms with van der Waals surface area (Å²) in [6, 6.07) is 4.90. The van der Waals surface area contributed by atoms with Crippen LogP contribution in [0.3, 0.4) is 0 Å². The molecule has 6 heteroatoms. The van der Waals surface area contributed by atoms with E-state index in [1.807, 2.05) is 41.5 Å². The Kier molecular flexibility index (Phi) is 4.94. The van der Waals surface area contributed by atoms with E-state index in [-0.39, 0.29) is 26.3 Å². The van der Waals surface area contributed by atoms with Crippen molar-refractivity contribution in [3.8, 4) is 16.9 Å². The van der Waals surface area contributed by atoms with Gasteiger partial charge in [-0.05, 0) is 34.6 Å². The summed E-state index contributed by atoms with van der Waals surface area (Å²) in [5, 5.41) is 29.5. The third kappa shape index (κ3) is 3.75. The maximum atomic E-state index is 11.6. The van der Waals surface area contributed by atoms with Crippen LogP contribution in [0.15, 0.2) is 18.2 Å². The highest BCUT2D eigenvalue weighted by Gasteiger charge is 2.28. The lowest BCUT2D eigenvalue weighted by Crippen LogP contribution is -2.17. The Morgan fingerprint density at radius 2 is 1.31 bits per heavy atom. The molecule has 0 saturated heterocycles. The van der Waals surface area contributed by atoms with Crippen molar-refractivity contribution < 1.29 is 24.9 Å². The molecule has 0 amide bonds. The Hall–Kier alpha value is -2.34. The van der Waals surface area contributed by atoms with Crippen molar-refractivity contribution in [2.24, 2.45) is 0 Å². The highest BCUT2D eigenvalue weighted by atomic mass is 32.1. The zero-order valence-corrected chi connectivity index (χ0v) is 16.6. The number of phenols is 1. The zero-order valence-electron chi connectivity index (χ0n) is 15.8. The summed E-state index contributed by atoms with van der Waals surface area (Å²) in [7, 11) is 0. The highest BCUT2D eigenvalue weighted by molar-refractivity contribution is 7.16. The van der Waals surface area contributed by atoms with Gasteiger partial charge < -0.3 is 15.3 Å². The van der Waals surface area contributed by atoms with Crippen molar-refractivity contribution in [3.05, 3.63) is 39.1 Å². The summed E-state index contributed by atoms with van der Waals surface area (Å²) in [6.07, 6.45) is 0. The van der Waals surface area contributed by atoms with Gasteiger partial charge in [-0.2, -0.15) is 0 Å². The van der Waals surface area contributed by atoms with E-state index in [2.05, 4.69) is 0 Å². The van der Waals surface area contributed by atoms with Gasteiger partial charge in [0.25, 0.3) is 0 Å². The first-order valence-corrected chi connectivity index (χ1v) is 9.04. The van der Waals surface area contributed by atoms with Crippen molar-refractivity contribution in [1.29, 1.82) is 0 Å². The van der Waals surface area contributed by atoms with Gasteiger partial charge in [-0.15, -0.1) is 11.3 Å². The molecule has 0 bridgehead atoms. The Balaban J connectivity index is 2.87. The Morgan fingerprint density at radius 1 is 0.846 bits per heavy atom. The van der Waals surface area contributed by atoms with Gasteiger partial charge in [-0.3, -0.25) is 0 Å². The van der Waals surface area contributed by atoms with E-state index in [1.165, 1.54) is 6.07 Å². The van der Waals surface area contributed by atoms with Gasteiger partial charge in [0.1, 0.15) is 15.5 Å². The van der Waals surface area contributed by atoms with Crippen LogP contribution in [0.4, 0.5) is 0 Å². The van der Waals surface area contributed by atoms with Crippen molar-refractivity contribution >= 4 is 23.3 Å². The van der Waals surface area contributed by atoms with E-state index >= 15 is 0 Å². The third-order valence-corrected chi connectivity index (χ3v) is 5.29. The van der Waals surface area contributed by atoms with Gasteiger partial charge >= 0.3 is 11.9 Å². The molecule has 0 radical (unpaired) electrons. The molecule has 5 nitrogen and oxygen atoms in total. The fourth-order valence-electron chi connectivity index (χ4n) is 2.80. The minimum absolute atomic E-state index is 0.0205. The molecule has 0 spiro atoms. The topological polar surface area (TPSA) is 94.8 Å². The number of hydrogen-bond donors (Lipinski definition) is 3. The zero-order chi connectivity index (χ0) is 20.0. The van der Waals surface area contributed by atoms with E-state index in [0.29, 0.717) is 22.3 Å². The average Bonchev–Trinajstić information content (AvgIpc) is 2.90. The number of phenolic OH excluding ortho intramolecular Hbond substituents is 1. The van der Waals surface area contributed by atoms with Gasteiger partial charge in [0, 0.05) is 16.7 Å². The van der Waals surface area contributed by atoms with E-state index in [0.717, 1.165) is 11.3 Å². The van der Waals surface area contributed by atoms with Gasteiger partial charge in [-0.1, -0.05) is 41.5 Å². The second kappa shape index (κ2) is 6.43. The van der Waals surface area contributed by atoms with Crippen molar-refractivity contribution in [2.75, 3.05) is 0 Å². The van der Waals surface area contributed by atoms with Crippen LogP contribution in [0.25, 0.3) is 11.1 Å². The molecule has 2 aromatic rings. The van der Waals surface area contributed by atoms with Gasteiger partial charge in [0.05, 0.1) is 0 Å². The molecule has 0 atom stereocenters. The summed E-state index contributed by atoms with van der Waals surface area (Å²) in [5.74, 6) is -2.13. The van der Waals surface area contributed by atoms with Crippen molar-refractivity contribution in [3.63, 3.8) is 0 Å². The van der Waals surface area contributed by atoms with Crippen molar-refractivity contribution in [1.82, 2.24) is 0 Å². The van der Waals surface area contributed by atoms with Crippen LogP contribution < -0.4 is 0 Å². The molecular formula is C20H24O5S. The molecule has 1 heterocycles. The average molecular weight is 376 g/mol. The van der Waals surface area contributed by atoms with Crippen molar-refractivity contribution in [2.45, 2.75) is 52.4 Å². The SMILES string of the molecule is CC(C)(C)c1cc(-c2cc(C(=O)O)sc2C(=O)O)cc(C(C)(C)C)c1O. The van der Waals surface area contributed by atoms with E-state index in [1.54, 1.807) is 12.1 Å². The predicted molar refractivity (Wildman–Crippen MR) is 103 cm³/mol. The van der Waals surface area contributed by atoms with Crippen LogP contribution >= 0.6 is 11.3 Å². The monoisotopic (exact) mass is 376 g/mol. The molecule has 1 aromatic heterocycles. The van der Waals surface area contributed by atoms with Crippen LogP contribution in [0.5, 0.6) is 5.75 Å². The molecule has 0 fully saturated rings. The molecule has 1 aromatic carbocycles. The maximum Gasteiger partial charge on any atom is 0.346 e. The van der Waals surface area contributed by atoms with Crippen LogP contribution in [-0.2, 0) is 10.8 Å². The van der Waals surface area contributed by atoms with Crippen LogP contribution in [0.1, 0.15) is 72.0 Å². The molecule has 0 aliphatic carbocycles. The van der Waals surface area contributed by atoms with Gasteiger partial charge in [-0.25, -0.2) is 9.59 Å². The normalized spacial score (nSPS) is 12.2. The third-order valence-electron chi connectivity index (χ3n) is 4.17. The molecule has 0 unspecified atom stereocenters. The number of benzene rings is 1. The fraction of sp³-hybridized carbons (Fsp3) is 0.400. The number of thiophene rings is 1. The summed E-state index contributed by atoms with van der Waals surface area (Å²) >= 11 is 0.740. The smallest absolute Gasteiger partial charge is 0.346 e. The molecule has 26 heavy (non-hydrogen) atoms. The summed E-state index contributed by atoms with van der Waals surface area (Å²) in [6.45, 7) is 11.8. The van der Waals surface area contributed by atoms with E-state index in [9.17, 15) is 24.9 Å². The molecule has 0 aliphatic heterocycles. The molecular weight excluding hydrogens is 352 g/mol. The largest absolute Gasteiger partial charge is 0.507 e. The fourth-order valence-corrected chi connectivity index (χ4v) is 3.66. The lowest BCUT2D eigenvalue weighted by molar-refractivity contribution is 0.0693. The Morgan fingerprint density at radius 3 is 1.65 bits per heavy atom. The quantitative estimate of drug-likeness (QED) is 0.692. The number of aromatic hydroxyl groups is 1. The Bertz CT molecular complexity index is 844. The highest BCUT2D eigenvalue weighted by Crippen LogP contribution is 2.43. The standard InChI is InChI=1S/C20H24O5S/c1-19(2,3)12-7-10(8-13(15(12)21)20(4,5)6)11-9-14(17(22)23)26-16(11)18(24)25/h7-9,21H,1-6H3,(H,22,23)(H,24,25). The van der Waals surface area contributed by atoms with Gasteiger partial charge in [0.2, 0.25) is 0 Å². The first-order chi connectivity index (χ1) is 11.7.